The highest BCUT2D eigenvalue weighted by molar-refractivity contribution is 5.69. The number of carboxylic acids is 1. The van der Waals surface area contributed by atoms with Gasteiger partial charge in [0.05, 0.1) is 6.54 Å². The lowest BCUT2D eigenvalue weighted by Gasteiger charge is -2.19. The quantitative estimate of drug-likeness (QED) is 0.770. The molecule has 0 unspecified atom stereocenters. The second-order valence-electron chi connectivity index (χ2n) is 3.77. The van der Waals surface area contributed by atoms with Gasteiger partial charge in [0.25, 0.3) is 0 Å². The number of rotatable bonds is 6. The van der Waals surface area contributed by atoms with Crippen LogP contribution in [0.25, 0.3) is 0 Å². The Balaban J connectivity index is 2.59. The molecular weight excluding hydrogens is 206 g/mol. The number of hydrogen-bond acceptors (Lipinski definition) is 3. The van der Waals surface area contributed by atoms with Crippen LogP contribution in [-0.2, 0) is 11.3 Å². The van der Waals surface area contributed by atoms with Crippen molar-refractivity contribution in [2.45, 2.75) is 19.9 Å². The van der Waals surface area contributed by atoms with Crippen molar-refractivity contribution >= 4 is 5.97 Å². The Morgan fingerprint density at radius 3 is 2.44 bits per heavy atom. The van der Waals surface area contributed by atoms with Crippen LogP contribution >= 0.6 is 0 Å². The Morgan fingerprint density at radius 2 is 1.94 bits per heavy atom. The van der Waals surface area contributed by atoms with Gasteiger partial charge < -0.3 is 10.2 Å². The summed E-state index contributed by atoms with van der Waals surface area (Å²) < 4.78 is 0. The number of nitrogens with zero attached hydrogens (tertiary/aromatic N) is 1. The second kappa shape index (κ2) is 6.12. The first-order valence-corrected chi connectivity index (χ1v) is 5.34. The fourth-order valence-corrected chi connectivity index (χ4v) is 1.58. The van der Waals surface area contributed by atoms with E-state index < -0.39 is 5.97 Å². The lowest BCUT2D eigenvalue weighted by Crippen LogP contribution is -2.29. The van der Waals surface area contributed by atoms with Crippen molar-refractivity contribution in [3.63, 3.8) is 0 Å². The van der Waals surface area contributed by atoms with E-state index in [0.29, 0.717) is 6.54 Å². The zero-order chi connectivity index (χ0) is 12.0. The molecule has 0 bridgehead atoms. The van der Waals surface area contributed by atoms with Gasteiger partial charge in [0, 0.05) is 6.54 Å². The maximum absolute atomic E-state index is 10.6. The van der Waals surface area contributed by atoms with Crippen molar-refractivity contribution in [2.75, 3.05) is 13.1 Å². The summed E-state index contributed by atoms with van der Waals surface area (Å²) in [5.41, 5.74) is 1.01. The van der Waals surface area contributed by atoms with E-state index >= 15 is 0 Å². The van der Waals surface area contributed by atoms with Gasteiger partial charge in [-0.2, -0.15) is 0 Å². The Bertz CT molecular complexity index is 335. The van der Waals surface area contributed by atoms with Gasteiger partial charge in [0.15, 0.2) is 0 Å². The molecule has 0 radical (unpaired) electrons. The predicted octanol–water partition coefficient (Wildman–Crippen LogP) is 1.69. The molecule has 0 saturated heterocycles. The number of aromatic hydroxyl groups is 1. The average Bonchev–Trinajstić information content (AvgIpc) is 2.21. The van der Waals surface area contributed by atoms with E-state index in [9.17, 15) is 4.79 Å². The third-order valence-electron chi connectivity index (χ3n) is 2.24. The van der Waals surface area contributed by atoms with Gasteiger partial charge in [-0.1, -0.05) is 19.1 Å². The predicted molar refractivity (Wildman–Crippen MR) is 61.3 cm³/mol. The molecule has 4 heteroatoms. The fourth-order valence-electron chi connectivity index (χ4n) is 1.58. The highest BCUT2D eigenvalue weighted by atomic mass is 16.4. The van der Waals surface area contributed by atoms with E-state index in [-0.39, 0.29) is 12.3 Å². The third-order valence-corrected chi connectivity index (χ3v) is 2.24. The maximum atomic E-state index is 10.6. The highest BCUT2D eigenvalue weighted by Crippen LogP contribution is 2.11. The van der Waals surface area contributed by atoms with Crippen molar-refractivity contribution in [3.05, 3.63) is 29.8 Å². The van der Waals surface area contributed by atoms with Crippen LogP contribution in [0, 0.1) is 0 Å². The minimum absolute atomic E-state index is 0.0503. The summed E-state index contributed by atoms with van der Waals surface area (Å²) in [6, 6.07) is 6.83. The van der Waals surface area contributed by atoms with Crippen molar-refractivity contribution in [1.82, 2.24) is 4.90 Å². The van der Waals surface area contributed by atoms with E-state index in [1.54, 1.807) is 24.3 Å². The van der Waals surface area contributed by atoms with E-state index in [0.717, 1.165) is 18.5 Å². The summed E-state index contributed by atoms with van der Waals surface area (Å²) in [6.07, 6.45) is 0.922. The van der Waals surface area contributed by atoms with Gasteiger partial charge in [-0.25, -0.2) is 0 Å². The normalized spacial score (nSPS) is 10.6. The fraction of sp³-hybridized carbons (Fsp3) is 0.417. The molecule has 0 aliphatic carbocycles. The number of aliphatic carboxylic acids is 1. The molecule has 0 aromatic heterocycles. The zero-order valence-corrected chi connectivity index (χ0v) is 9.39. The zero-order valence-electron chi connectivity index (χ0n) is 9.39. The van der Waals surface area contributed by atoms with Crippen molar-refractivity contribution in [1.29, 1.82) is 0 Å². The van der Waals surface area contributed by atoms with E-state index in [1.807, 2.05) is 11.8 Å². The van der Waals surface area contributed by atoms with Gasteiger partial charge in [-0.05, 0) is 30.7 Å². The van der Waals surface area contributed by atoms with Crippen LogP contribution < -0.4 is 0 Å². The average molecular weight is 223 g/mol. The summed E-state index contributed by atoms with van der Waals surface area (Å²) in [7, 11) is 0. The van der Waals surface area contributed by atoms with Gasteiger partial charge in [0.2, 0.25) is 0 Å². The second-order valence-corrected chi connectivity index (χ2v) is 3.77. The minimum atomic E-state index is -0.813. The van der Waals surface area contributed by atoms with Crippen molar-refractivity contribution in [2.24, 2.45) is 0 Å². The molecule has 1 rings (SSSR count). The largest absolute Gasteiger partial charge is 0.508 e. The summed E-state index contributed by atoms with van der Waals surface area (Å²) in [4.78, 5) is 12.5. The van der Waals surface area contributed by atoms with Gasteiger partial charge in [-0.15, -0.1) is 0 Å². The first-order valence-electron chi connectivity index (χ1n) is 5.34. The first-order chi connectivity index (χ1) is 7.61. The summed E-state index contributed by atoms with van der Waals surface area (Å²) in [6.45, 7) is 3.42. The van der Waals surface area contributed by atoms with E-state index in [1.165, 1.54) is 0 Å². The molecule has 88 valence electrons. The lowest BCUT2D eigenvalue weighted by atomic mass is 10.2. The standard InChI is InChI=1S/C12H17NO3/c1-2-7-13(9-12(15)16)8-10-3-5-11(14)6-4-10/h3-6,14H,2,7-9H2,1H3,(H,15,16). The van der Waals surface area contributed by atoms with E-state index in [2.05, 4.69) is 0 Å². The molecule has 2 N–H and O–H groups in total. The number of phenolic OH excluding ortho intramolecular Hbond substituents is 1. The number of phenols is 1. The number of carbonyl (C=O) groups is 1. The van der Waals surface area contributed by atoms with Crippen LogP contribution in [0.4, 0.5) is 0 Å². The van der Waals surface area contributed by atoms with Gasteiger partial charge >= 0.3 is 5.97 Å². The van der Waals surface area contributed by atoms with Crippen LogP contribution in [-0.4, -0.2) is 34.2 Å². The van der Waals surface area contributed by atoms with Crippen LogP contribution in [0.3, 0.4) is 0 Å². The molecule has 16 heavy (non-hydrogen) atoms. The van der Waals surface area contributed by atoms with Crippen LogP contribution in [0.5, 0.6) is 5.75 Å². The van der Waals surface area contributed by atoms with Gasteiger partial charge in [0.1, 0.15) is 5.75 Å². The van der Waals surface area contributed by atoms with E-state index in [4.69, 9.17) is 10.2 Å². The molecule has 0 spiro atoms. The smallest absolute Gasteiger partial charge is 0.317 e. The number of benzene rings is 1. The molecule has 0 saturated carbocycles. The Hall–Kier alpha value is -1.55. The van der Waals surface area contributed by atoms with Gasteiger partial charge in [-0.3, -0.25) is 9.69 Å². The Morgan fingerprint density at radius 1 is 1.31 bits per heavy atom. The summed E-state index contributed by atoms with van der Waals surface area (Å²) in [5, 5.41) is 17.9. The first kappa shape index (κ1) is 12.5. The summed E-state index contributed by atoms with van der Waals surface area (Å²) in [5.74, 6) is -0.587. The molecule has 0 aliphatic rings. The minimum Gasteiger partial charge on any atom is -0.508 e. The van der Waals surface area contributed by atoms with Crippen molar-refractivity contribution < 1.29 is 15.0 Å². The highest BCUT2D eigenvalue weighted by Gasteiger charge is 2.09. The maximum Gasteiger partial charge on any atom is 0.317 e. The molecule has 0 heterocycles. The molecule has 0 atom stereocenters. The monoisotopic (exact) mass is 223 g/mol. The van der Waals surface area contributed by atoms with Crippen LogP contribution in [0.1, 0.15) is 18.9 Å². The molecule has 4 nitrogen and oxygen atoms in total. The SMILES string of the molecule is CCCN(CC(=O)O)Cc1ccc(O)cc1. The topological polar surface area (TPSA) is 60.8 Å². The molecule has 1 aromatic rings. The Kier molecular flexibility index (Phi) is 4.79. The molecular formula is C12H17NO3. The van der Waals surface area contributed by atoms with Crippen molar-refractivity contribution in [3.8, 4) is 5.75 Å². The number of carboxylic acid groups (broad SMARTS) is 1. The molecule has 0 amide bonds. The van der Waals surface area contributed by atoms with Crippen LogP contribution in [0.15, 0.2) is 24.3 Å². The Labute approximate surface area is 95.1 Å². The third kappa shape index (κ3) is 4.31. The summed E-state index contributed by atoms with van der Waals surface area (Å²) >= 11 is 0. The molecule has 0 fully saturated rings. The number of hydrogen-bond donors (Lipinski definition) is 2. The molecule has 1 aromatic carbocycles. The molecule has 0 aliphatic heterocycles. The van der Waals surface area contributed by atoms with Crippen LogP contribution in [0.2, 0.25) is 0 Å². The lowest BCUT2D eigenvalue weighted by molar-refractivity contribution is -0.138.